The number of nitrogens with one attached hydrogen (secondary N) is 2. The molecule has 0 saturated carbocycles. The van der Waals surface area contributed by atoms with Crippen molar-refractivity contribution in [1.29, 1.82) is 0 Å². The topological polar surface area (TPSA) is 78.4 Å². The first-order chi connectivity index (χ1) is 8.93. The highest BCUT2D eigenvalue weighted by Gasteiger charge is 2.10. The van der Waals surface area contributed by atoms with E-state index in [9.17, 15) is 9.59 Å². The molecule has 0 spiro atoms. The third-order valence-corrected chi connectivity index (χ3v) is 3.03. The van der Waals surface area contributed by atoms with Crippen molar-refractivity contribution in [2.45, 2.75) is 26.3 Å². The fourth-order valence-corrected chi connectivity index (χ4v) is 1.58. The number of rotatable bonds is 6. The molecule has 1 unspecified atom stereocenters. The number of carboxylic acid groups (broad SMARTS) is 1. The molecule has 1 amide bonds. The highest BCUT2D eigenvalue weighted by molar-refractivity contribution is 6.34. The summed E-state index contributed by atoms with van der Waals surface area (Å²) in [6.07, 6.45) is 0.932. The zero-order valence-corrected chi connectivity index (χ0v) is 11.6. The molecule has 5 nitrogen and oxygen atoms in total. The van der Waals surface area contributed by atoms with Gasteiger partial charge in [0, 0.05) is 6.04 Å². The molecule has 0 fully saturated rings. The summed E-state index contributed by atoms with van der Waals surface area (Å²) in [4.78, 5) is 22.4. The summed E-state index contributed by atoms with van der Waals surface area (Å²) in [5, 5.41) is 14.7. The third-order valence-electron chi connectivity index (χ3n) is 2.71. The van der Waals surface area contributed by atoms with Crippen LogP contribution in [0.4, 0.5) is 5.69 Å². The summed E-state index contributed by atoms with van der Waals surface area (Å²) in [5.74, 6) is -1.27. The first-order valence-corrected chi connectivity index (χ1v) is 6.38. The number of carboxylic acids is 1. The molecule has 0 aliphatic carbocycles. The van der Waals surface area contributed by atoms with Gasteiger partial charge in [-0.25, -0.2) is 4.79 Å². The lowest BCUT2D eigenvalue weighted by molar-refractivity contribution is -0.115. The molecule has 1 rings (SSSR count). The summed E-state index contributed by atoms with van der Waals surface area (Å²) in [5.41, 5.74) is 0.489. The molecule has 1 aromatic rings. The predicted molar refractivity (Wildman–Crippen MR) is 74.8 cm³/mol. The van der Waals surface area contributed by atoms with Gasteiger partial charge in [0.15, 0.2) is 0 Å². The second-order valence-corrected chi connectivity index (χ2v) is 4.65. The smallest absolute Gasteiger partial charge is 0.335 e. The normalized spacial score (nSPS) is 11.9. The largest absolute Gasteiger partial charge is 0.478 e. The van der Waals surface area contributed by atoms with Gasteiger partial charge in [-0.2, -0.15) is 0 Å². The highest BCUT2D eigenvalue weighted by Crippen LogP contribution is 2.22. The van der Waals surface area contributed by atoms with Gasteiger partial charge in [-0.05, 0) is 31.5 Å². The zero-order valence-electron chi connectivity index (χ0n) is 10.9. The van der Waals surface area contributed by atoms with Gasteiger partial charge in [0.2, 0.25) is 5.91 Å². The van der Waals surface area contributed by atoms with Crippen molar-refractivity contribution >= 4 is 29.2 Å². The van der Waals surface area contributed by atoms with E-state index in [1.807, 2.05) is 13.8 Å². The van der Waals surface area contributed by atoms with Crippen LogP contribution in [0.1, 0.15) is 30.6 Å². The van der Waals surface area contributed by atoms with Crippen LogP contribution in [0.2, 0.25) is 5.02 Å². The Morgan fingerprint density at radius 3 is 2.63 bits per heavy atom. The van der Waals surface area contributed by atoms with E-state index >= 15 is 0 Å². The average molecular weight is 285 g/mol. The SMILES string of the molecule is CCC(C)NCC(=O)Nc1ccc(C(=O)O)cc1Cl. The predicted octanol–water partition coefficient (Wildman–Crippen LogP) is 2.36. The van der Waals surface area contributed by atoms with Crippen molar-refractivity contribution in [3.63, 3.8) is 0 Å². The quantitative estimate of drug-likeness (QED) is 0.749. The molecule has 0 aliphatic heterocycles. The van der Waals surface area contributed by atoms with E-state index < -0.39 is 5.97 Å². The maximum absolute atomic E-state index is 11.7. The first kappa shape index (κ1) is 15.5. The van der Waals surface area contributed by atoms with Crippen LogP contribution >= 0.6 is 11.6 Å². The monoisotopic (exact) mass is 284 g/mol. The number of amides is 1. The van der Waals surface area contributed by atoms with Crippen LogP contribution in [0.5, 0.6) is 0 Å². The highest BCUT2D eigenvalue weighted by atomic mass is 35.5. The Balaban J connectivity index is 2.62. The number of hydrogen-bond donors (Lipinski definition) is 3. The second kappa shape index (κ2) is 7.11. The van der Waals surface area contributed by atoms with Gasteiger partial charge in [0.05, 0.1) is 22.8 Å². The minimum atomic E-state index is -1.06. The molecule has 0 aromatic heterocycles. The van der Waals surface area contributed by atoms with Crippen molar-refractivity contribution < 1.29 is 14.7 Å². The molecule has 19 heavy (non-hydrogen) atoms. The molecule has 104 valence electrons. The second-order valence-electron chi connectivity index (χ2n) is 4.24. The molecular formula is C13H17ClN2O3. The van der Waals surface area contributed by atoms with E-state index in [4.69, 9.17) is 16.7 Å². The van der Waals surface area contributed by atoms with Crippen molar-refractivity contribution in [2.24, 2.45) is 0 Å². The third kappa shape index (κ3) is 4.89. The molecular weight excluding hydrogens is 268 g/mol. The van der Waals surface area contributed by atoms with Crippen LogP contribution in [0.3, 0.4) is 0 Å². The summed E-state index contributed by atoms with van der Waals surface area (Å²) < 4.78 is 0. The van der Waals surface area contributed by atoms with Crippen molar-refractivity contribution in [3.8, 4) is 0 Å². The number of benzene rings is 1. The van der Waals surface area contributed by atoms with Crippen LogP contribution in [-0.2, 0) is 4.79 Å². The van der Waals surface area contributed by atoms with Crippen molar-refractivity contribution in [1.82, 2.24) is 5.32 Å². The maximum atomic E-state index is 11.7. The summed E-state index contributed by atoms with van der Waals surface area (Å²) in [6, 6.07) is 4.44. The number of carbonyl (C=O) groups excluding carboxylic acids is 1. The Morgan fingerprint density at radius 2 is 2.11 bits per heavy atom. The van der Waals surface area contributed by atoms with E-state index in [0.29, 0.717) is 5.69 Å². The van der Waals surface area contributed by atoms with E-state index in [0.717, 1.165) is 6.42 Å². The summed E-state index contributed by atoms with van der Waals surface area (Å²) in [6.45, 7) is 4.20. The Morgan fingerprint density at radius 1 is 1.42 bits per heavy atom. The van der Waals surface area contributed by atoms with Crippen LogP contribution in [-0.4, -0.2) is 29.6 Å². The number of aromatic carboxylic acids is 1. The van der Waals surface area contributed by atoms with Crippen LogP contribution in [0.25, 0.3) is 0 Å². The lowest BCUT2D eigenvalue weighted by Gasteiger charge is -2.12. The van der Waals surface area contributed by atoms with Gasteiger partial charge < -0.3 is 15.7 Å². The fraction of sp³-hybridized carbons (Fsp3) is 0.385. The minimum Gasteiger partial charge on any atom is -0.478 e. The minimum absolute atomic E-state index is 0.0840. The standard InChI is InChI=1S/C13H17ClN2O3/c1-3-8(2)15-7-12(17)16-11-5-4-9(13(18)19)6-10(11)14/h4-6,8,15H,3,7H2,1-2H3,(H,16,17)(H,18,19). The lowest BCUT2D eigenvalue weighted by Crippen LogP contribution is -2.34. The van der Waals surface area contributed by atoms with Gasteiger partial charge in [-0.1, -0.05) is 18.5 Å². The molecule has 0 saturated heterocycles. The van der Waals surface area contributed by atoms with Crippen molar-refractivity contribution in [2.75, 3.05) is 11.9 Å². The number of halogens is 1. The molecule has 0 heterocycles. The number of anilines is 1. The Labute approximate surface area is 117 Å². The van der Waals surface area contributed by atoms with Gasteiger partial charge in [0.25, 0.3) is 0 Å². The van der Waals surface area contributed by atoms with Gasteiger partial charge in [-0.15, -0.1) is 0 Å². The Hall–Kier alpha value is -1.59. The van der Waals surface area contributed by atoms with E-state index in [2.05, 4.69) is 10.6 Å². The lowest BCUT2D eigenvalue weighted by atomic mass is 10.2. The molecule has 0 bridgehead atoms. The average Bonchev–Trinajstić information content (AvgIpc) is 2.38. The summed E-state index contributed by atoms with van der Waals surface area (Å²) in [7, 11) is 0. The number of carbonyl (C=O) groups is 2. The molecule has 1 atom stereocenters. The Bertz CT molecular complexity index is 477. The van der Waals surface area contributed by atoms with Gasteiger partial charge >= 0.3 is 5.97 Å². The van der Waals surface area contributed by atoms with Crippen LogP contribution in [0, 0.1) is 0 Å². The fourth-order valence-electron chi connectivity index (χ4n) is 1.36. The molecule has 0 radical (unpaired) electrons. The maximum Gasteiger partial charge on any atom is 0.335 e. The molecule has 3 N–H and O–H groups in total. The van der Waals surface area contributed by atoms with Crippen molar-refractivity contribution in [3.05, 3.63) is 28.8 Å². The number of hydrogen-bond acceptors (Lipinski definition) is 3. The van der Waals surface area contributed by atoms with Crippen LogP contribution < -0.4 is 10.6 Å². The van der Waals surface area contributed by atoms with Crippen LogP contribution in [0.15, 0.2) is 18.2 Å². The Kier molecular flexibility index (Phi) is 5.79. The first-order valence-electron chi connectivity index (χ1n) is 6.00. The van der Waals surface area contributed by atoms with E-state index in [-0.39, 0.29) is 29.1 Å². The molecule has 0 aliphatic rings. The zero-order chi connectivity index (χ0) is 14.4. The molecule has 1 aromatic carbocycles. The van der Waals surface area contributed by atoms with E-state index in [1.165, 1.54) is 18.2 Å². The van der Waals surface area contributed by atoms with Gasteiger partial charge in [-0.3, -0.25) is 4.79 Å². The summed E-state index contributed by atoms with van der Waals surface area (Å²) >= 11 is 5.91. The van der Waals surface area contributed by atoms with E-state index in [1.54, 1.807) is 0 Å². The van der Waals surface area contributed by atoms with Gasteiger partial charge in [0.1, 0.15) is 0 Å². The molecule has 6 heteroatoms.